The van der Waals surface area contributed by atoms with Crippen molar-refractivity contribution in [1.29, 1.82) is 0 Å². The molecule has 2 atom stereocenters. The minimum atomic E-state index is -4.44. The molecule has 0 spiro atoms. The molecule has 0 bridgehead atoms. The first-order valence-electron chi connectivity index (χ1n) is 7.09. The van der Waals surface area contributed by atoms with Crippen molar-refractivity contribution >= 4 is 5.52 Å². The summed E-state index contributed by atoms with van der Waals surface area (Å²) in [5.74, 6) is -0.0657. The van der Waals surface area contributed by atoms with E-state index >= 15 is 0 Å². The molecule has 2 unspecified atom stereocenters. The van der Waals surface area contributed by atoms with Crippen LogP contribution in [0.15, 0.2) is 24.7 Å². The van der Waals surface area contributed by atoms with Crippen molar-refractivity contribution in [3.63, 3.8) is 0 Å². The fourth-order valence-corrected chi connectivity index (χ4v) is 2.65. The van der Waals surface area contributed by atoms with Crippen molar-refractivity contribution in [2.24, 2.45) is 5.92 Å². The highest BCUT2D eigenvalue weighted by Gasteiger charge is 2.33. The largest absolute Gasteiger partial charge is 0.416 e. The first-order chi connectivity index (χ1) is 9.88. The number of fused-ring (bicyclic) bond motifs is 1. The van der Waals surface area contributed by atoms with E-state index in [1.165, 1.54) is 16.9 Å². The van der Waals surface area contributed by atoms with Gasteiger partial charge in [0.2, 0.25) is 0 Å². The summed E-state index contributed by atoms with van der Waals surface area (Å²) in [6.45, 7) is 3.93. The highest BCUT2D eigenvalue weighted by molar-refractivity contribution is 5.50. The quantitative estimate of drug-likeness (QED) is 0.898. The minimum absolute atomic E-state index is 0.0657. The average Bonchev–Trinajstić information content (AvgIpc) is 2.90. The van der Waals surface area contributed by atoms with Crippen LogP contribution in [0.1, 0.15) is 50.5 Å². The van der Waals surface area contributed by atoms with Gasteiger partial charge in [-0.1, -0.05) is 26.7 Å². The van der Waals surface area contributed by atoms with Gasteiger partial charge in [0, 0.05) is 0 Å². The van der Waals surface area contributed by atoms with Crippen molar-refractivity contribution < 1.29 is 18.3 Å². The van der Waals surface area contributed by atoms with E-state index in [1.807, 2.05) is 13.8 Å². The number of hydrogen-bond donors (Lipinski definition) is 1. The monoisotopic (exact) mass is 300 g/mol. The molecule has 2 heterocycles. The maximum Gasteiger partial charge on any atom is 0.416 e. The molecule has 0 aliphatic carbocycles. The van der Waals surface area contributed by atoms with Crippen molar-refractivity contribution in [3.05, 3.63) is 35.9 Å². The number of aliphatic hydroxyl groups is 1. The van der Waals surface area contributed by atoms with Crippen LogP contribution in [0.25, 0.3) is 5.52 Å². The molecule has 0 saturated carbocycles. The van der Waals surface area contributed by atoms with E-state index in [2.05, 4.69) is 4.98 Å². The molecule has 0 amide bonds. The molecule has 2 aromatic rings. The van der Waals surface area contributed by atoms with Crippen molar-refractivity contribution in [2.75, 3.05) is 0 Å². The summed E-state index contributed by atoms with van der Waals surface area (Å²) in [6, 6.07) is 2.07. The van der Waals surface area contributed by atoms with Crippen molar-refractivity contribution in [3.8, 4) is 0 Å². The van der Waals surface area contributed by atoms with E-state index in [1.54, 1.807) is 0 Å². The first kappa shape index (κ1) is 15.8. The highest BCUT2D eigenvalue weighted by Crippen LogP contribution is 2.35. The molecule has 0 aliphatic heterocycles. The molecular weight excluding hydrogens is 281 g/mol. The van der Waals surface area contributed by atoms with Crippen LogP contribution in [-0.2, 0) is 6.18 Å². The molecule has 2 rings (SSSR count). The fraction of sp³-hybridized carbons (Fsp3) is 0.533. The number of pyridine rings is 1. The molecule has 0 aliphatic rings. The maximum atomic E-state index is 13.0. The Labute approximate surface area is 121 Å². The lowest BCUT2D eigenvalue weighted by Crippen LogP contribution is -2.17. The van der Waals surface area contributed by atoms with E-state index in [0.717, 1.165) is 25.0 Å². The molecule has 21 heavy (non-hydrogen) atoms. The van der Waals surface area contributed by atoms with Gasteiger partial charge in [0.25, 0.3) is 0 Å². The molecule has 0 radical (unpaired) electrons. The number of imidazole rings is 1. The first-order valence-corrected chi connectivity index (χ1v) is 7.09. The van der Waals surface area contributed by atoms with Crippen LogP contribution in [0.2, 0.25) is 0 Å². The standard InChI is InChI=1S/C15H19F3N2O/c1-3-5-10(4-2)14(21)13-7-11(15(16,17)18)6-12-8-19-9-20(12)13/h6-10,14,21H,3-5H2,1-2H3. The zero-order valence-corrected chi connectivity index (χ0v) is 12.1. The normalized spacial score (nSPS) is 15.3. The van der Waals surface area contributed by atoms with E-state index < -0.39 is 17.8 Å². The summed E-state index contributed by atoms with van der Waals surface area (Å²) in [6.07, 6.45) is -0.215. The Hall–Kier alpha value is -1.56. The molecule has 2 aromatic heterocycles. The Morgan fingerprint density at radius 2 is 2.00 bits per heavy atom. The van der Waals surface area contributed by atoms with Crippen LogP contribution < -0.4 is 0 Å². The third-order valence-electron chi connectivity index (χ3n) is 3.81. The smallest absolute Gasteiger partial charge is 0.387 e. The third-order valence-corrected chi connectivity index (χ3v) is 3.81. The lowest BCUT2D eigenvalue weighted by atomic mass is 9.91. The van der Waals surface area contributed by atoms with E-state index in [0.29, 0.717) is 11.9 Å². The van der Waals surface area contributed by atoms with E-state index in [-0.39, 0.29) is 11.6 Å². The topological polar surface area (TPSA) is 37.5 Å². The Bertz CT molecular complexity index is 606. The second-order valence-corrected chi connectivity index (χ2v) is 5.26. The van der Waals surface area contributed by atoms with Gasteiger partial charge in [-0.2, -0.15) is 13.2 Å². The minimum Gasteiger partial charge on any atom is -0.387 e. The molecule has 116 valence electrons. The van der Waals surface area contributed by atoms with Crippen LogP contribution in [0, 0.1) is 5.92 Å². The fourth-order valence-electron chi connectivity index (χ4n) is 2.65. The highest BCUT2D eigenvalue weighted by atomic mass is 19.4. The Morgan fingerprint density at radius 1 is 1.29 bits per heavy atom. The van der Waals surface area contributed by atoms with Gasteiger partial charge in [0.1, 0.15) is 0 Å². The number of alkyl halides is 3. The summed E-state index contributed by atoms with van der Waals surface area (Å²) in [7, 11) is 0. The number of rotatable bonds is 5. The Kier molecular flexibility index (Phi) is 4.56. The summed E-state index contributed by atoms with van der Waals surface area (Å²) >= 11 is 0. The lowest BCUT2D eigenvalue weighted by molar-refractivity contribution is -0.137. The second kappa shape index (κ2) is 6.05. The molecule has 0 fully saturated rings. The van der Waals surface area contributed by atoms with Gasteiger partial charge in [-0.3, -0.25) is 0 Å². The molecular formula is C15H19F3N2O. The number of nitrogens with zero attached hydrogens (tertiary/aromatic N) is 2. The number of aromatic nitrogens is 2. The van der Waals surface area contributed by atoms with Crippen LogP contribution in [0.4, 0.5) is 13.2 Å². The van der Waals surface area contributed by atoms with Crippen LogP contribution >= 0.6 is 0 Å². The van der Waals surface area contributed by atoms with Crippen LogP contribution in [0.5, 0.6) is 0 Å². The summed E-state index contributed by atoms with van der Waals surface area (Å²) < 4.78 is 40.5. The lowest BCUT2D eigenvalue weighted by Gasteiger charge is -2.23. The third kappa shape index (κ3) is 3.20. The summed E-state index contributed by atoms with van der Waals surface area (Å²) in [5.41, 5.74) is -0.168. The molecule has 1 N–H and O–H groups in total. The summed E-state index contributed by atoms with van der Waals surface area (Å²) in [5, 5.41) is 10.5. The molecule has 0 aromatic carbocycles. The SMILES string of the molecule is CCCC(CC)C(O)c1cc(C(F)(F)F)cc2cncn12. The number of aliphatic hydroxyl groups excluding tert-OH is 1. The van der Waals surface area contributed by atoms with Crippen molar-refractivity contribution in [2.45, 2.75) is 45.4 Å². The van der Waals surface area contributed by atoms with Gasteiger partial charge >= 0.3 is 6.18 Å². The second-order valence-electron chi connectivity index (χ2n) is 5.26. The maximum absolute atomic E-state index is 13.0. The van der Waals surface area contributed by atoms with E-state index in [9.17, 15) is 18.3 Å². The molecule has 6 heteroatoms. The van der Waals surface area contributed by atoms with Gasteiger partial charge in [-0.05, 0) is 24.5 Å². The molecule has 0 saturated heterocycles. The van der Waals surface area contributed by atoms with Gasteiger partial charge < -0.3 is 9.51 Å². The van der Waals surface area contributed by atoms with Gasteiger partial charge in [0.05, 0.1) is 35.4 Å². The summed E-state index contributed by atoms with van der Waals surface area (Å²) in [4.78, 5) is 3.88. The molecule has 3 nitrogen and oxygen atoms in total. The Morgan fingerprint density at radius 3 is 2.57 bits per heavy atom. The van der Waals surface area contributed by atoms with Gasteiger partial charge in [0.15, 0.2) is 0 Å². The average molecular weight is 300 g/mol. The van der Waals surface area contributed by atoms with Gasteiger partial charge in [-0.25, -0.2) is 4.98 Å². The zero-order valence-electron chi connectivity index (χ0n) is 12.1. The predicted molar refractivity (Wildman–Crippen MR) is 73.8 cm³/mol. The van der Waals surface area contributed by atoms with E-state index in [4.69, 9.17) is 0 Å². The van der Waals surface area contributed by atoms with Crippen LogP contribution in [0.3, 0.4) is 0 Å². The zero-order chi connectivity index (χ0) is 15.6. The Balaban J connectivity index is 2.53. The number of hydrogen-bond acceptors (Lipinski definition) is 2. The van der Waals surface area contributed by atoms with Crippen molar-refractivity contribution in [1.82, 2.24) is 9.38 Å². The van der Waals surface area contributed by atoms with Gasteiger partial charge in [-0.15, -0.1) is 0 Å². The van der Waals surface area contributed by atoms with Crippen LogP contribution in [-0.4, -0.2) is 14.5 Å². The number of halogens is 3. The predicted octanol–water partition coefficient (Wildman–Crippen LogP) is 4.21.